The average Bonchev–Trinajstić information content (AvgIpc) is 3.33. The summed E-state index contributed by atoms with van der Waals surface area (Å²) in [5.74, 6) is 0.410. The molecule has 5 rings (SSSR count). The molecule has 1 aliphatic carbocycles. The molecule has 3 atom stereocenters. The lowest BCUT2D eigenvalue weighted by Gasteiger charge is -2.34. The predicted octanol–water partition coefficient (Wildman–Crippen LogP) is 3.91. The zero-order valence-electron chi connectivity index (χ0n) is 21.6. The Hall–Kier alpha value is -2.70. The zero-order valence-corrected chi connectivity index (χ0v) is 21.6. The maximum Gasteiger partial charge on any atom is 0.254 e. The monoisotopic (exact) mass is 488 g/mol. The Balaban J connectivity index is 1.26. The van der Waals surface area contributed by atoms with Gasteiger partial charge in [0.25, 0.3) is 5.91 Å². The van der Waals surface area contributed by atoms with E-state index in [1.165, 1.54) is 17.5 Å². The van der Waals surface area contributed by atoms with E-state index in [0.29, 0.717) is 18.0 Å². The van der Waals surface area contributed by atoms with Gasteiger partial charge in [0.05, 0.1) is 0 Å². The summed E-state index contributed by atoms with van der Waals surface area (Å²) in [5.41, 5.74) is 3.12. The number of benzene rings is 2. The van der Waals surface area contributed by atoms with E-state index >= 15 is 0 Å². The second-order valence-corrected chi connectivity index (χ2v) is 10.6. The minimum Gasteiger partial charge on any atom is -0.350 e. The van der Waals surface area contributed by atoms with Crippen molar-refractivity contribution in [1.29, 1.82) is 0 Å². The summed E-state index contributed by atoms with van der Waals surface area (Å²) in [4.78, 5) is 34.0. The van der Waals surface area contributed by atoms with Crippen LogP contribution < -0.4 is 5.32 Å². The van der Waals surface area contributed by atoms with Crippen LogP contribution in [0.2, 0.25) is 0 Å². The summed E-state index contributed by atoms with van der Waals surface area (Å²) in [6, 6.07) is 17.7. The molecule has 36 heavy (non-hydrogen) atoms. The lowest BCUT2D eigenvalue weighted by atomic mass is 9.84. The molecule has 0 radical (unpaired) electrons. The summed E-state index contributed by atoms with van der Waals surface area (Å²) in [7, 11) is 0. The summed E-state index contributed by atoms with van der Waals surface area (Å²) in [6.45, 7) is 9.14. The Bertz CT molecular complexity index is 1030. The third-order valence-electron chi connectivity index (χ3n) is 8.52. The smallest absolute Gasteiger partial charge is 0.254 e. The second kappa shape index (κ2) is 11.6. The maximum atomic E-state index is 13.6. The fourth-order valence-electron chi connectivity index (χ4n) is 6.40. The number of carbonyl (C=O) groups excluding carboxylic acids is 2. The molecule has 0 aromatic heterocycles. The minimum atomic E-state index is -0.389. The third kappa shape index (κ3) is 5.50. The van der Waals surface area contributed by atoms with Crippen molar-refractivity contribution in [2.75, 3.05) is 32.7 Å². The largest absolute Gasteiger partial charge is 0.350 e. The number of hydrogen-bond acceptors (Lipinski definition) is 4. The van der Waals surface area contributed by atoms with Crippen molar-refractivity contribution < 1.29 is 9.59 Å². The first kappa shape index (κ1) is 25.0. The van der Waals surface area contributed by atoms with Gasteiger partial charge in [-0.2, -0.15) is 0 Å². The first-order valence-corrected chi connectivity index (χ1v) is 13.8. The van der Waals surface area contributed by atoms with E-state index in [-0.39, 0.29) is 23.9 Å². The van der Waals surface area contributed by atoms with E-state index in [1.54, 1.807) is 0 Å². The standard InChI is InChI=1S/C30H40N4O2/c1-2-32-16-18-33(19-17-32)22-26-14-7-6-13-25(26)21-31-29(35)28-20-24-12-8-9-15-27(24)34(28)30(36)23-10-4-3-5-11-23/h3-7,10-11,13-14,24,27-28H,2,8-9,12,15-22H2,1H3,(H,31,35). The van der Waals surface area contributed by atoms with Crippen molar-refractivity contribution in [2.45, 2.75) is 64.2 Å². The summed E-state index contributed by atoms with van der Waals surface area (Å²) in [6.07, 6.45) is 5.22. The molecule has 0 bridgehead atoms. The number of nitrogens with one attached hydrogen (secondary N) is 1. The topological polar surface area (TPSA) is 55.9 Å². The van der Waals surface area contributed by atoms with Gasteiger partial charge in [-0.15, -0.1) is 0 Å². The quantitative estimate of drug-likeness (QED) is 0.642. The molecular formula is C30H40N4O2. The first-order chi connectivity index (χ1) is 17.6. The van der Waals surface area contributed by atoms with Gasteiger partial charge in [0.1, 0.15) is 6.04 Å². The highest BCUT2D eigenvalue weighted by atomic mass is 16.2. The Morgan fingerprint density at radius 3 is 2.28 bits per heavy atom. The average molecular weight is 489 g/mol. The zero-order chi connectivity index (χ0) is 24.9. The van der Waals surface area contributed by atoms with Gasteiger partial charge in [-0.1, -0.05) is 62.2 Å². The molecule has 3 unspecified atom stereocenters. The van der Waals surface area contributed by atoms with Crippen molar-refractivity contribution in [2.24, 2.45) is 5.92 Å². The van der Waals surface area contributed by atoms with Crippen LogP contribution in [0, 0.1) is 5.92 Å². The highest BCUT2D eigenvalue weighted by Gasteiger charge is 2.47. The van der Waals surface area contributed by atoms with E-state index < -0.39 is 0 Å². The van der Waals surface area contributed by atoms with Crippen LogP contribution in [0.25, 0.3) is 0 Å². The number of likely N-dealkylation sites (tertiary alicyclic amines) is 1. The molecule has 6 nitrogen and oxygen atoms in total. The molecule has 6 heteroatoms. The van der Waals surface area contributed by atoms with Crippen molar-refractivity contribution >= 4 is 11.8 Å². The molecule has 2 aromatic carbocycles. The van der Waals surface area contributed by atoms with Gasteiger partial charge in [-0.3, -0.25) is 14.5 Å². The van der Waals surface area contributed by atoms with Gasteiger partial charge < -0.3 is 15.1 Å². The summed E-state index contributed by atoms with van der Waals surface area (Å²) >= 11 is 0. The molecule has 1 saturated carbocycles. The molecule has 2 aliphatic heterocycles. The molecule has 0 spiro atoms. The van der Waals surface area contributed by atoms with E-state index in [2.05, 4.69) is 46.3 Å². The van der Waals surface area contributed by atoms with Crippen molar-refractivity contribution in [3.63, 3.8) is 0 Å². The van der Waals surface area contributed by atoms with Gasteiger partial charge in [0.2, 0.25) is 5.91 Å². The van der Waals surface area contributed by atoms with Crippen molar-refractivity contribution in [1.82, 2.24) is 20.0 Å². The molecule has 2 amide bonds. The Labute approximate surface area is 215 Å². The highest BCUT2D eigenvalue weighted by molar-refractivity contribution is 5.98. The van der Waals surface area contributed by atoms with Crippen LogP contribution in [0.3, 0.4) is 0 Å². The third-order valence-corrected chi connectivity index (χ3v) is 8.52. The molecule has 192 valence electrons. The van der Waals surface area contributed by atoms with Gasteiger partial charge in [0.15, 0.2) is 0 Å². The number of likely N-dealkylation sites (N-methyl/N-ethyl adjacent to an activating group) is 1. The van der Waals surface area contributed by atoms with Crippen LogP contribution in [-0.4, -0.2) is 71.3 Å². The van der Waals surface area contributed by atoms with E-state index in [0.717, 1.165) is 65.0 Å². The SMILES string of the molecule is CCN1CCN(Cc2ccccc2CNC(=O)C2CC3CCCCC3N2C(=O)c2ccccc2)CC1. The van der Waals surface area contributed by atoms with Gasteiger partial charge in [-0.05, 0) is 55.0 Å². The number of piperazine rings is 1. The summed E-state index contributed by atoms with van der Waals surface area (Å²) < 4.78 is 0. The van der Waals surface area contributed by atoms with Crippen LogP contribution >= 0.6 is 0 Å². The Kier molecular flexibility index (Phi) is 8.02. The number of hydrogen-bond donors (Lipinski definition) is 1. The normalized spacial score (nSPS) is 24.9. The van der Waals surface area contributed by atoms with E-state index in [4.69, 9.17) is 0 Å². The van der Waals surface area contributed by atoms with Crippen LogP contribution in [0.1, 0.15) is 60.5 Å². The fourth-order valence-corrected chi connectivity index (χ4v) is 6.40. The lowest BCUT2D eigenvalue weighted by molar-refractivity contribution is -0.125. The van der Waals surface area contributed by atoms with Crippen LogP contribution in [-0.2, 0) is 17.9 Å². The number of nitrogens with zero attached hydrogens (tertiary/aromatic N) is 3. The van der Waals surface area contributed by atoms with E-state index in [9.17, 15) is 9.59 Å². The molecule has 2 saturated heterocycles. The first-order valence-electron chi connectivity index (χ1n) is 13.8. The minimum absolute atomic E-state index is 0.00299. The van der Waals surface area contributed by atoms with Crippen LogP contribution in [0.4, 0.5) is 0 Å². The Morgan fingerprint density at radius 2 is 1.53 bits per heavy atom. The van der Waals surface area contributed by atoms with Crippen LogP contribution in [0.5, 0.6) is 0 Å². The van der Waals surface area contributed by atoms with Gasteiger partial charge >= 0.3 is 0 Å². The number of carbonyl (C=O) groups is 2. The van der Waals surface area contributed by atoms with Crippen LogP contribution in [0.15, 0.2) is 54.6 Å². The lowest BCUT2D eigenvalue weighted by Crippen LogP contribution is -2.49. The molecular weight excluding hydrogens is 448 g/mol. The van der Waals surface area contributed by atoms with E-state index in [1.807, 2.05) is 35.2 Å². The molecule has 3 aliphatic rings. The van der Waals surface area contributed by atoms with Gasteiger partial charge in [0, 0.05) is 50.9 Å². The summed E-state index contributed by atoms with van der Waals surface area (Å²) in [5, 5.41) is 3.22. The Morgan fingerprint density at radius 1 is 0.861 bits per heavy atom. The van der Waals surface area contributed by atoms with Gasteiger partial charge in [-0.25, -0.2) is 0 Å². The molecule has 2 aromatic rings. The number of rotatable bonds is 7. The highest BCUT2D eigenvalue weighted by Crippen LogP contribution is 2.40. The second-order valence-electron chi connectivity index (χ2n) is 10.6. The van der Waals surface area contributed by atoms with Crippen molar-refractivity contribution in [3.05, 3.63) is 71.3 Å². The van der Waals surface area contributed by atoms with Crippen molar-refractivity contribution in [3.8, 4) is 0 Å². The molecule has 3 fully saturated rings. The number of fused-ring (bicyclic) bond motifs is 1. The molecule has 1 N–H and O–H groups in total. The molecule has 2 heterocycles. The predicted molar refractivity (Wildman–Crippen MR) is 142 cm³/mol. The maximum absolute atomic E-state index is 13.6. The fraction of sp³-hybridized carbons (Fsp3) is 0.533. The number of amides is 2.